The fourth-order valence-corrected chi connectivity index (χ4v) is 4.94. The number of fused-ring (bicyclic) bond motifs is 1. The summed E-state index contributed by atoms with van der Waals surface area (Å²) in [6.07, 6.45) is 10.3. The number of nitrogens with two attached hydrogens (primary N) is 1. The van der Waals surface area contributed by atoms with E-state index in [2.05, 4.69) is 9.50 Å². The Bertz CT molecular complexity index is 984. The number of rotatable bonds is 5. The topological polar surface area (TPSA) is 81.4 Å². The number of benzene rings is 1. The van der Waals surface area contributed by atoms with Crippen molar-refractivity contribution in [2.75, 3.05) is 13.1 Å². The van der Waals surface area contributed by atoms with Crippen molar-refractivity contribution in [1.29, 1.82) is 0 Å². The first-order valence-corrected chi connectivity index (χ1v) is 11.7. The van der Waals surface area contributed by atoms with E-state index in [-0.39, 0.29) is 34.1 Å². The highest BCUT2D eigenvalue weighted by atomic mass is 35.5. The average Bonchev–Trinajstić information content (AvgIpc) is 2.85. The molecule has 10 heteroatoms. The molecule has 3 N–H and O–H groups in total. The summed E-state index contributed by atoms with van der Waals surface area (Å²) >= 11 is 6.13. The molecule has 3 rings (SSSR count). The zero-order valence-corrected chi connectivity index (χ0v) is 18.2. The number of hydrogen-bond donors (Lipinski definition) is 2. The Morgan fingerprint density at radius 2 is 1.90 bits per heavy atom. The molecule has 1 aromatic rings. The van der Waals surface area contributed by atoms with Crippen molar-refractivity contribution in [2.45, 2.75) is 30.7 Å². The van der Waals surface area contributed by atoms with E-state index in [9.17, 15) is 21.6 Å². The summed E-state index contributed by atoms with van der Waals surface area (Å²) < 4.78 is 67.0. The monoisotopic (exact) mass is 476 g/mol. The number of piperidine rings is 1. The van der Waals surface area contributed by atoms with E-state index in [1.165, 1.54) is 18.3 Å². The van der Waals surface area contributed by atoms with E-state index in [1.54, 1.807) is 24.3 Å². The highest BCUT2D eigenvalue weighted by Crippen LogP contribution is 2.46. The molecule has 1 saturated heterocycles. The van der Waals surface area contributed by atoms with Crippen molar-refractivity contribution in [2.24, 2.45) is 17.6 Å². The third-order valence-electron chi connectivity index (χ3n) is 5.63. The van der Waals surface area contributed by atoms with Crippen molar-refractivity contribution < 1.29 is 25.8 Å². The van der Waals surface area contributed by atoms with Crippen LogP contribution in [0.3, 0.4) is 0 Å². The third-order valence-corrected chi connectivity index (χ3v) is 6.83. The maximum atomic E-state index is 13.0. The van der Waals surface area contributed by atoms with E-state index < -0.39 is 15.6 Å². The molecule has 0 amide bonds. The van der Waals surface area contributed by atoms with E-state index in [4.69, 9.17) is 17.3 Å². The fourth-order valence-electron chi connectivity index (χ4n) is 4.28. The van der Waals surface area contributed by atoms with E-state index >= 15 is 0 Å². The van der Waals surface area contributed by atoms with Gasteiger partial charge in [-0.15, -0.1) is 0 Å². The molecule has 0 bridgehead atoms. The normalized spacial score (nSPS) is 23.5. The highest BCUT2D eigenvalue weighted by Gasteiger charge is 2.49. The van der Waals surface area contributed by atoms with Gasteiger partial charge in [-0.1, -0.05) is 29.8 Å². The van der Waals surface area contributed by atoms with Crippen LogP contribution in [0.5, 0.6) is 0 Å². The zero-order chi connectivity index (χ0) is 22.6. The molecular weight excluding hydrogens is 453 g/mol. The summed E-state index contributed by atoms with van der Waals surface area (Å²) in [5, 5.41) is 3.60. The zero-order valence-electron chi connectivity index (χ0n) is 16.6. The van der Waals surface area contributed by atoms with Crippen molar-refractivity contribution in [3.63, 3.8) is 0 Å². The minimum Gasteiger partial charge on any atom is -0.405 e. The molecule has 1 aliphatic heterocycles. The molecule has 1 heterocycles. The molecule has 2 atom stereocenters. The van der Waals surface area contributed by atoms with Crippen molar-refractivity contribution in [3.05, 3.63) is 64.9 Å². The maximum Gasteiger partial charge on any atom is 0.534 e. The summed E-state index contributed by atoms with van der Waals surface area (Å²) in [5.74, 6) is -0.236. The van der Waals surface area contributed by atoms with Gasteiger partial charge in [0.25, 0.3) is 0 Å². The van der Waals surface area contributed by atoms with Crippen LogP contribution in [0.15, 0.2) is 48.7 Å². The van der Waals surface area contributed by atoms with Crippen LogP contribution in [-0.2, 0) is 14.3 Å². The maximum absolute atomic E-state index is 13.0. The van der Waals surface area contributed by atoms with E-state index in [1.807, 2.05) is 6.08 Å². The predicted molar refractivity (Wildman–Crippen MR) is 114 cm³/mol. The summed E-state index contributed by atoms with van der Waals surface area (Å²) in [5.41, 5.74) is 0.887. The largest absolute Gasteiger partial charge is 0.534 e. The van der Waals surface area contributed by atoms with Gasteiger partial charge in [0.2, 0.25) is 0 Å². The average molecular weight is 477 g/mol. The van der Waals surface area contributed by atoms with Gasteiger partial charge in [-0.3, -0.25) is 0 Å². The summed E-state index contributed by atoms with van der Waals surface area (Å²) in [6.45, 7) is 1.67. The first kappa shape index (κ1) is 23.7. The molecule has 0 saturated carbocycles. The van der Waals surface area contributed by atoms with Gasteiger partial charge in [-0.25, -0.2) is 0 Å². The summed E-state index contributed by atoms with van der Waals surface area (Å²) in [7, 11) is -5.82. The Hall–Kier alpha value is -1.97. The van der Waals surface area contributed by atoms with Gasteiger partial charge in [0.15, 0.2) is 0 Å². The lowest BCUT2D eigenvalue weighted by molar-refractivity contribution is -0.0509. The van der Waals surface area contributed by atoms with Crippen LogP contribution in [-0.4, -0.2) is 27.0 Å². The van der Waals surface area contributed by atoms with Crippen LogP contribution in [0.1, 0.15) is 36.3 Å². The number of allylic oxidation sites excluding steroid dienone is 4. The van der Waals surface area contributed by atoms with Crippen molar-refractivity contribution in [1.82, 2.24) is 5.32 Å². The number of alkyl halides is 3. The van der Waals surface area contributed by atoms with Gasteiger partial charge in [0, 0.05) is 10.6 Å². The molecule has 31 heavy (non-hydrogen) atoms. The van der Waals surface area contributed by atoms with E-state index in [0.29, 0.717) is 6.42 Å². The lowest BCUT2D eigenvalue weighted by Crippen LogP contribution is -2.33. The molecule has 1 aromatic carbocycles. The van der Waals surface area contributed by atoms with Gasteiger partial charge in [-0.2, -0.15) is 21.6 Å². The van der Waals surface area contributed by atoms with Crippen LogP contribution < -0.4 is 11.1 Å². The Balaban J connectivity index is 2.11. The second kappa shape index (κ2) is 9.67. The molecule has 2 aliphatic rings. The first-order valence-electron chi connectivity index (χ1n) is 9.90. The number of hydrogen-bond acceptors (Lipinski definition) is 5. The van der Waals surface area contributed by atoms with Crippen LogP contribution in [0, 0.1) is 11.8 Å². The quantitative estimate of drug-likeness (QED) is 0.366. The number of nitrogens with one attached hydrogen (secondary N) is 1. The predicted octanol–water partition coefficient (Wildman–Crippen LogP) is 4.68. The Kier molecular flexibility index (Phi) is 7.39. The lowest BCUT2D eigenvalue weighted by atomic mass is 9.72. The Morgan fingerprint density at radius 1 is 1.19 bits per heavy atom. The summed E-state index contributed by atoms with van der Waals surface area (Å²) in [4.78, 5) is 0. The van der Waals surface area contributed by atoms with E-state index in [0.717, 1.165) is 31.5 Å². The second-order valence-electron chi connectivity index (χ2n) is 7.57. The fraction of sp³-hybridized carbons (Fsp3) is 0.429. The molecule has 0 aromatic heterocycles. The number of halogens is 4. The molecule has 1 aliphatic carbocycles. The van der Waals surface area contributed by atoms with Crippen LogP contribution in [0.2, 0.25) is 5.02 Å². The molecule has 0 radical (unpaired) electrons. The first-order chi connectivity index (χ1) is 14.6. The second-order valence-corrected chi connectivity index (χ2v) is 9.54. The molecule has 0 spiro atoms. The van der Waals surface area contributed by atoms with Gasteiger partial charge in [-0.05, 0) is 86.2 Å². The van der Waals surface area contributed by atoms with Gasteiger partial charge in [0.05, 0.1) is 0 Å². The van der Waals surface area contributed by atoms with Gasteiger partial charge in [0.1, 0.15) is 5.76 Å². The molecular formula is C21H24ClF3N2O3S. The highest BCUT2D eigenvalue weighted by molar-refractivity contribution is 7.87. The molecule has 2 unspecified atom stereocenters. The Labute approximate surface area is 184 Å². The third kappa shape index (κ3) is 5.45. The summed E-state index contributed by atoms with van der Waals surface area (Å²) in [6, 6.07) is 4.89. The molecule has 5 nitrogen and oxygen atoms in total. The van der Waals surface area contributed by atoms with Crippen LogP contribution >= 0.6 is 11.6 Å². The Morgan fingerprint density at radius 3 is 2.55 bits per heavy atom. The van der Waals surface area contributed by atoms with Crippen molar-refractivity contribution in [3.8, 4) is 0 Å². The van der Waals surface area contributed by atoms with Gasteiger partial charge >= 0.3 is 15.6 Å². The lowest BCUT2D eigenvalue weighted by Gasteiger charge is -2.35. The molecule has 170 valence electrons. The standard InChI is InChI=1S/C21H24ClF3N2O3S/c22-16-5-6-17-18(13-16)19(30-31(28,29)21(23,24)25)7-4-14(3-1-2-10-26)20(17)15-8-11-27-12-9-15/h1-3,5-7,10,13-15,20,27H,4,8-9,11-12,26H2/b3-1-,10-2-. The minimum absolute atomic E-state index is 0.0530. The van der Waals surface area contributed by atoms with Crippen molar-refractivity contribution >= 4 is 27.5 Å². The smallest absolute Gasteiger partial charge is 0.405 e. The van der Waals surface area contributed by atoms with Gasteiger partial charge < -0.3 is 15.2 Å². The SMILES string of the molecule is N/C=C\C=C/C1CC=C(OS(=O)(=O)C(F)(F)F)c2cc(Cl)ccc2C1C1CCNCC1. The van der Waals surface area contributed by atoms with Crippen LogP contribution in [0.4, 0.5) is 13.2 Å². The minimum atomic E-state index is -5.82. The van der Waals surface area contributed by atoms with Crippen LogP contribution in [0.25, 0.3) is 5.76 Å². The molecule has 1 fully saturated rings.